The van der Waals surface area contributed by atoms with Crippen LogP contribution in [-0.4, -0.2) is 9.78 Å². The number of nitrogens with zero attached hydrogens (tertiary/aromatic N) is 3. The summed E-state index contributed by atoms with van der Waals surface area (Å²) in [5.41, 5.74) is 0.947. The number of aromatic nitrogens is 3. The van der Waals surface area contributed by atoms with Crippen molar-refractivity contribution in [2.24, 2.45) is 7.05 Å². The van der Waals surface area contributed by atoms with E-state index in [1.165, 1.54) is 0 Å². The van der Waals surface area contributed by atoms with Gasteiger partial charge >= 0.3 is 0 Å². The number of fused-ring (bicyclic) bond motifs is 3. The number of ether oxygens (including phenoxy) is 1. The molecule has 0 aliphatic carbocycles. The molecule has 0 N–H and O–H groups in total. The van der Waals surface area contributed by atoms with Crippen LogP contribution < -0.4 is 9.30 Å². The molecule has 4 nitrogen and oxygen atoms in total. The molecular formula is C11H11N3OS. The summed E-state index contributed by atoms with van der Waals surface area (Å²) < 4.78 is 9.58. The standard InChI is InChI=1S/C11H11N3OS/c1-7-10-13(2)11(16)12-14(10)8-5-3-4-6-9(8)15-7/h3-7H,1-2H3. The third kappa shape index (κ3) is 1.15. The van der Waals surface area contributed by atoms with E-state index in [1.807, 2.05) is 47.5 Å². The van der Waals surface area contributed by atoms with E-state index >= 15 is 0 Å². The number of para-hydroxylation sites is 2. The van der Waals surface area contributed by atoms with Crippen molar-refractivity contribution in [3.05, 3.63) is 30.1 Å². The average Bonchev–Trinajstić information content (AvgIpc) is 2.57. The zero-order valence-electron chi connectivity index (χ0n) is 9.04. The van der Waals surface area contributed by atoms with Gasteiger partial charge in [0, 0.05) is 5.10 Å². The first kappa shape index (κ1) is 9.59. The minimum Gasteiger partial charge on any atom is -0.703 e. The first-order valence-corrected chi connectivity index (χ1v) is 5.51. The number of benzene rings is 1. The van der Waals surface area contributed by atoms with Crippen LogP contribution in [0.15, 0.2) is 29.4 Å². The van der Waals surface area contributed by atoms with Gasteiger partial charge in [0.2, 0.25) is 0 Å². The molecule has 1 aliphatic heterocycles. The molecule has 0 saturated carbocycles. The van der Waals surface area contributed by atoms with Crippen LogP contribution in [0.2, 0.25) is 0 Å². The lowest BCUT2D eigenvalue weighted by atomic mass is 10.2. The molecule has 1 unspecified atom stereocenters. The van der Waals surface area contributed by atoms with Crippen LogP contribution in [0.3, 0.4) is 0 Å². The molecule has 0 saturated heterocycles. The zero-order valence-corrected chi connectivity index (χ0v) is 9.86. The number of hydrogen-bond donors (Lipinski definition) is 0. The van der Waals surface area contributed by atoms with Gasteiger partial charge in [-0.1, -0.05) is 16.8 Å². The lowest BCUT2D eigenvalue weighted by Crippen LogP contribution is -2.38. The Morgan fingerprint density at radius 1 is 1.44 bits per heavy atom. The van der Waals surface area contributed by atoms with Crippen molar-refractivity contribution >= 4 is 12.6 Å². The molecule has 0 spiro atoms. The second-order valence-corrected chi connectivity index (χ2v) is 4.20. The van der Waals surface area contributed by atoms with Crippen molar-refractivity contribution < 1.29 is 9.30 Å². The largest absolute Gasteiger partial charge is 0.703 e. The van der Waals surface area contributed by atoms with Crippen molar-refractivity contribution in [3.8, 4) is 11.4 Å². The van der Waals surface area contributed by atoms with E-state index in [1.54, 1.807) is 0 Å². The van der Waals surface area contributed by atoms with E-state index < -0.39 is 0 Å². The van der Waals surface area contributed by atoms with Crippen molar-refractivity contribution in [3.63, 3.8) is 0 Å². The summed E-state index contributed by atoms with van der Waals surface area (Å²) in [5.74, 6) is 1.82. The monoisotopic (exact) mass is 233 g/mol. The number of rotatable bonds is 0. The van der Waals surface area contributed by atoms with E-state index in [2.05, 4.69) is 5.10 Å². The minimum absolute atomic E-state index is 0.0379. The Morgan fingerprint density at radius 2 is 2.19 bits per heavy atom. The molecule has 0 fully saturated rings. The molecule has 82 valence electrons. The predicted molar refractivity (Wildman–Crippen MR) is 59.4 cm³/mol. The topological polar surface area (TPSA) is 30.9 Å². The van der Waals surface area contributed by atoms with Crippen molar-refractivity contribution in [1.82, 2.24) is 9.78 Å². The van der Waals surface area contributed by atoms with Crippen LogP contribution in [-0.2, 0) is 19.7 Å². The van der Waals surface area contributed by atoms with Gasteiger partial charge in [-0.2, -0.15) is 0 Å². The highest BCUT2D eigenvalue weighted by Crippen LogP contribution is 2.32. The van der Waals surface area contributed by atoms with Gasteiger partial charge in [0.1, 0.15) is 0 Å². The van der Waals surface area contributed by atoms with Crippen molar-refractivity contribution in [1.29, 1.82) is 0 Å². The molecule has 16 heavy (non-hydrogen) atoms. The summed E-state index contributed by atoms with van der Waals surface area (Å²) >= 11 is 5.18. The lowest BCUT2D eigenvalue weighted by Gasteiger charge is -2.19. The fourth-order valence-electron chi connectivity index (χ4n) is 2.04. The van der Waals surface area contributed by atoms with Crippen molar-refractivity contribution in [2.45, 2.75) is 18.2 Å². The van der Waals surface area contributed by atoms with Crippen LogP contribution >= 0.6 is 0 Å². The van der Waals surface area contributed by atoms with Gasteiger partial charge in [0.05, 0.1) is 7.05 Å². The Kier molecular flexibility index (Phi) is 1.91. The first-order valence-electron chi connectivity index (χ1n) is 5.10. The summed E-state index contributed by atoms with van der Waals surface area (Å²) in [6, 6.07) is 7.84. The second-order valence-electron chi connectivity index (χ2n) is 3.84. The molecule has 3 rings (SSSR count). The minimum atomic E-state index is -0.0379. The van der Waals surface area contributed by atoms with Gasteiger partial charge in [0.15, 0.2) is 22.7 Å². The van der Waals surface area contributed by atoms with E-state index in [4.69, 9.17) is 17.4 Å². The van der Waals surface area contributed by atoms with Gasteiger partial charge in [-0.25, -0.2) is 0 Å². The fourth-order valence-corrected chi connectivity index (χ4v) is 2.22. The molecule has 1 aromatic heterocycles. The molecule has 1 atom stereocenters. The molecular weight excluding hydrogens is 222 g/mol. The summed E-state index contributed by atoms with van der Waals surface area (Å²) in [6.07, 6.45) is -0.0379. The molecule has 2 heterocycles. The third-order valence-corrected chi connectivity index (χ3v) is 3.15. The molecule has 0 bridgehead atoms. The normalized spacial score (nSPS) is 17.5. The van der Waals surface area contributed by atoms with E-state index in [9.17, 15) is 0 Å². The van der Waals surface area contributed by atoms with Gasteiger partial charge in [-0.05, 0) is 19.1 Å². The van der Waals surface area contributed by atoms with E-state index in [-0.39, 0.29) is 6.10 Å². The molecule has 0 amide bonds. The van der Waals surface area contributed by atoms with Crippen LogP contribution in [0.5, 0.6) is 5.75 Å². The summed E-state index contributed by atoms with van der Waals surface area (Å²) in [4.78, 5) is 0. The Labute approximate surface area is 98.9 Å². The van der Waals surface area contributed by atoms with E-state index in [0.717, 1.165) is 17.3 Å². The highest BCUT2D eigenvalue weighted by atomic mass is 32.1. The summed E-state index contributed by atoms with van der Waals surface area (Å²) in [6.45, 7) is 2.00. The quantitative estimate of drug-likeness (QED) is 0.503. The summed E-state index contributed by atoms with van der Waals surface area (Å²) in [7, 11) is 1.91. The maximum absolute atomic E-state index is 5.82. The fraction of sp³-hybridized carbons (Fsp3) is 0.273. The Morgan fingerprint density at radius 3 is 3.00 bits per heavy atom. The van der Waals surface area contributed by atoms with Crippen molar-refractivity contribution in [2.75, 3.05) is 0 Å². The lowest BCUT2D eigenvalue weighted by molar-refractivity contribution is -0.719. The Hall–Kier alpha value is -1.62. The van der Waals surface area contributed by atoms with Gasteiger partial charge in [-0.3, -0.25) is 4.57 Å². The second kappa shape index (κ2) is 3.18. The Bertz CT molecular complexity index is 564. The molecule has 2 aromatic rings. The van der Waals surface area contributed by atoms with Crippen LogP contribution in [0, 0.1) is 0 Å². The maximum Gasteiger partial charge on any atom is 0.281 e. The first-order chi connectivity index (χ1) is 7.68. The third-order valence-electron chi connectivity index (χ3n) is 2.79. The predicted octanol–water partition coefficient (Wildman–Crippen LogP) is 1.06. The molecule has 5 heteroatoms. The zero-order chi connectivity index (χ0) is 11.3. The average molecular weight is 233 g/mol. The van der Waals surface area contributed by atoms with E-state index in [0.29, 0.717) is 5.16 Å². The maximum atomic E-state index is 5.82. The van der Waals surface area contributed by atoms with Crippen LogP contribution in [0.25, 0.3) is 5.69 Å². The van der Waals surface area contributed by atoms with Gasteiger partial charge in [-0.15, -0.1) is 0 Å². The number of hydrogen-bond acceptors (Lipinski definition) is 3. The van der Waals surface area contributed by atoms with Gasteiger partial charge in [0.25, 0.3) is 5.82 Å². The highest BCUT2D eigenvalue weighted by Gasteiger charge is 2.33. The van der Waals surface area contributed by atoms with Crippen LogP contribution in [0.1, 0.15) is 18.9 Å². The SMILES string of the molecule is CC1Oc2ccccc2-n2nc([S-])[n+](C)c21. The molecule has 1 aliphatic rings. The highest BCUT2D eigenvalue weighted by molar-refractivity contribution is 7.58. The van der Waals surface area contributed by atoms with Gasteiger partial charge < -0.3 is 17.4 Å². The molecule has 1 aromatic carbocycles. The summed E-state index contributed by atoms with van der Waals surface area (Å²) in [5, 5.41) is 4.93. The Balaban J connectivity index is 2.33. The molecule has 0 radical (unpaired) electrons. The van der Waals surface area contributed by atoms with Crippen LogP contribution in [0.4, 0.5) is 0 Å². The smallest absolute Gasteiger partial charge is 0.281 e.